The molecule has 0 radical (unpaired) electrons. The Morgan fingerprint density at radius 3 is 2.64 bits per heavy atom. The van der Waals surface area contributed by atoms with Gasteiger partial charge in [0.1, 0.15) is 22.7 Å². The van der Waals surface area contributed by atoms with Crippen molar-refractivity contribution in [3.63, 3.8) is 0 Å². The first-order valence-electron chi connectivity index (χ1n) is 11.7. The minimum absolute atomic E-state index is 0.292. The lowest BCUT2D eigenvalue weighted by Crippen LogP contribution is -2.18. The molecule has 1 aromatic carbocycles. The van der Waals surface area contributed by atoms with E-state index in [0.29, 0.717) is 47.4 Å². The molecule has 0 amide bonds. The van der Waals surface area contributed by atoms with Gasteiger partial charge in [0.2, 0.25) is 0 Å². The molecule has 36 heavy (non-hydrogen) atoms. The molecule has 0 aliphatic heterocycles. The van der Waals surface area contributed by atoms with Crippen LogP contribution in [0.15, 0.2) is 67.0 Å². The van der Waals surface area contributed by atoms with Gasteiger partial charge in [-0.2, -0.15) is 5.10 Å². The van der Waals surface area contributed by atoms with Gasteiger partial charge in [0, 0.05) is 49.1 Å². The number of benzene rings is 1. The third kappa shape index (κ3) is 4.87. The number of rotatable bonds is 7. The van der Waals surface area contributed by atoms with Crippen molar-refractivity contribution in [2.24, 2.45) is 7.05 Å². The lowest BCUT2D eigenvalue weighted by atomic mass is 10.0. The molecular weight excluding hydrogens is 452 g/mol. The van der Waals surface area contributed by atoms with E-state index in [9.17, 15) is 5.11 Å². The summed E-state index contributed by atoms with van der Waals surface area (Å²) >= 11 is 0. The molecule has 0 aliphatic rings. The average molecular weight is 481 g/mol. The second-order valence-corrected chi connectivity index (χ2v) is 9.19. The van der Waals surface area contributed by atoms with Gasteiger partial charge in [0.25, 0.3) is 0 Å². The van der Waals surface area contributed by atoms with Crippen LogP contribution in [0, 0.1) is 0 Å². The predicted molar refractivity (Wildman–Crippen MR) is 141 cm³/mol. The molecule has 5 aromatic rings. The molecular formula is C27H28N8O. The summed E-state index contributed by atoms with van der Waals surface area (Å²) in [6, 6.07) is 17.5. The van der Waals surface area contributed by atoms with Crippen LogP contribution in [0.1, 0.15) is 25.2 Å². The van der Waals surface area contributed by atoms with Gasteiger partial charge < -0.3 is 16.2 Å². The number of nitrogen functional groups attached to an aromatic ring is 1. The van der Waals surface area contributed by atoms with E-state index in [4.69, 9.17) is 15.7 Å². The smallest absolute Gasteiger partial charge is 0.169 e. The topological polar surface area (TPSA) is 128 Å². The number of hydrogen-bond donors (Lipinski definition) is 3. The summed E-state index contributed by atoms with van der Waals surface area (Å²) in [6.45, 7) is 3.99. The molecule has 4 heterocycles. The van der Waals surface area contributed by atoms with Crippen LogP contribution in [0.3, 0.4) is 0 Å². The molecule has 0 fully saturated rings. The number of nitrogens with zero attached hydrogens (tertiary/aromatic N) is 6. The highest BCUT2D eigenvalue weighted by molar-refractivity contribution is 5.87. The fourth-order valence-corrected chi connectivity index (χ4v) is 3.99. The summed E-state index contributed by atoms with van der Waals surface area (Å²) in [5.41, 5.74) is 10.6. The van der Waals surface area contributed by atoms with Gasteiger partial charge in [-0.3, -0.25) is 14.6 Å². The fourth-order valence-electron chi connectivity index (χ4n) is 3.99. The van der Waals surface area contributed by atoms with Gasteiger partial charge >= 0.3 is 0 Å². The van der Waals surface area contributed by atoms with E-state index in [-0.39, 0.29) is 0 Å². The van der Waals surface area contributed by atoms with Gasteiger partial charge in [0.15, 0.2) is 11.6 Å². The summed E-state index contributed by atoms with van der Waals surface area (Å²) in [5, 5.41) is 19.1. The number of pyridine rings is 2. The third-order valence-electron chi connectivity index (χ3n) is 5.86. The molecule has 9 heteroatoms. The fraction of sp³-hybridized carbons (Fsp3) is 0.222. The number of aromatic nitrogens is 6. The molecule has 0 aliphatic carbocycles. The molecule has 0 saturated carbocycles. The standard InChI is InChI=1S/C27H28N8O/c1-27(2,36)22-8-4-7-19(31-22)11-14-30-26-25(28)32-24(21-12-15-35(3)34-21)23(33-26)18-9-10-20-17(16-18)6-5-13-29-20/h4-10,12-13,15-16,36H,11,14H2,1-3H3,(H2,28,32)(H,30,33). The number of fused-ring (bicyclic) bond motifs is 1. The first-order chi connectivity index (χ1) is 17.3. The highest BCUT2D eigenvalue weighted by atomic mass is 16.3. The Labute approximate surface area is 209 Å². The monoisotopic (exact) mass is 480 g/mol. The van der Waals surface area contributed by atoms with Crippen LogP contribution >= 0.6 is 0 Å². The highest BCUT2D eigenvalue weighted by Gasteiger charge is 2.19. The van der Waals surface area contributed by atoms with Crippen LogP contribution < -0.4 is 11.1 Å². The molecule has 0 saturated heterocycles. The quantitative estimate of drug-likeness (QED) is 0.319. The number of aryl methyl sites for hydroxylation is 1. The van der Waals surface area contributed by atoms with Crippen molar-refractivity contribution >= 4 is 22.5 Å². The zero-order valence-corrected chi connectivity index (χ0v) is 20.5. The van der Waals surface area contributed by atoms with Crippen molar-refractivity contribution < 1.29 is 5.11 Å². The number of aliphatic hydroxyl groups is 1. The lowest BCUT2D eigenvalue weighted by Gasteiger charge is -2.17. The van der Waals surface area contributed by atoms with Crippen molar-refractivity contribution in [3.8, 4) is 22.6 Å². The van der Waals surface area contributed by atoms with Crippen molar-refractivity contribution in [2.75, 3.05) is 17.6 Å². The Bertz CT molecular complexity index is 1540. The molecule has 4 N–H and O–H groups in total. The summed E-state index contributed by atoms with van der Waals surface area (Å²) in [4.78, 5) is 18.6. The van der Waals surface area contributed by atoms with E-state index in [1.54, 1.807) is 24.7 Å². The predicted octanol–water partition coefficient (Wildman–Crippen LogP) is 3.95. The van der Waals surface area contributed by atoms with Crippen LogP contribution in [0.5, 0.6) is 0 Å². The van der Waals surface area contributed by atoms with Gasteiger partial charge in [-0.05, 0) is 50.2 Å². The Morgan fingerprint density at radius 1 is 1.00 bits per heavy atom. The normalized spacial score (nSPS) is 11.7. The Hall–Kier alpha value is -4.37. The molecule has 0 unspecified atom stereocenters. The maximum atomic E-state index is 10.3. The maximum Gasteiger partial charge on any atom is 0.169 e. The number of anilines is 2. The van der Waals surface area contributed by atoms with Gasteiger partial charge in [-0.25, -0.2) is 9.97 Å². The largest absolute Gasteiger partial charge is 0.384 e. The Kier molecular flexibility index (Phi) is 6.07. The van der Waals surface area contributed by atoms with E-state index in [1.165, 1.54) is 0 Å². The van der Waals surface area contributed by atoms with E-state index in [0.717, 1.165) is 22.2 Å². The first-order valence-corrected chi connectivity index (χ1v) is 11.7. The molecule has 0 atom stereocenters. The van der Waals surface area contributed by atoms with Gasteiger partial charge in [-0.1, -0.05) is 18.2 Å². The second-order valence-electron chi connectivity index (χ2n) is 9.19. The Morgan fingerprint density at radius 2 is 1.86 bits per heavy atom. The van der Waals surface area contributed by atoms with Crippen LogP contribution in [0.2, 0.25) is 0 Å². The van der Waals surface area contributed by atoms with E-state index < -0.39 is 5.60 Å². The minimum Gasteiger partial charge on any atom is -0.384 e. The van der Waals surface area contributed by atoms with E-state index >= 15 is 0 Å². The summed E-state index contributed by atoms with van der Waals surface area (Å²) in [7, 11) is 1.86. The summed E-state index contributed by atoms with van der Waals surface area (Å²) in [5.74, 6) is 0.787. The van der Waals surface area contributed by atoms with Crippen molar-refractivity contribution in [3.05, 3.63) is 78.4 Å². The minimum atomic E-state index is -0.995. The van der Waals surface area contributed by atoms with E-state index in [1.807, 2.05) is 67.8 Å². The zero-order chi connectivity index (χ0) is 25.3. The van der Waals surface area contributed by atoms with Crippen LogP contribution in [-0.2, 0) is 19.1 Å². The zero-order valence-electron chi connectivity index (χ0n) is 20.5. The second kappa shape index (κ2) is 9.35. The summed E-state index contributed by atoms with van der Waals surface area (Å²) in [6.07, 6.45) is 4.27. The van der Waals surface area contributed by atoms with Crippen LogP contribution in [-0.4, -0.2) is 41.4 Å². The number of nitrogens with two attached hydrogens (primary N) is 1. The SMILES string of the molecule is Cn1ccc(-c2nc(N)c(NCCc3cccc(C(C)(C)O)n3)nc2-c2ccc3ncccc3c2)n1. The number of hydrogen-bond acceptors (Lipinski definition) is 8. The molecule has 5 rings (SSSR count). The molecule has 9 nitrogen and oxygen atoms in total. The molecule has 4 aromatic heterocycles. The van der Waals surface area contributed by atoms with Gasteiger partial charge in [-0.15, -0.1) is 0 Å². The first kappa shape index (κ1) is 23.4. The van der Waals surface area contributed by atoms with E-state index in [2.05, 4.69) is 20.4 Å². The van der Waals surface area contributed by atoms with Crippen LogP contribution in [0.25, 0.3) is 33.5 Å². The van der Waals surface area contributed by atoms with Gasteiger partial charge in [0.05, 0.1) is 11.2 Å². The summed E-state index contributed by atoms with van der Waals surface area (Å²) < 4.78 is 1.72. The maximum absolute atomic E-state index is 10.3. The van der Waals surface area contributed by atoms with Crippen molar-refractivity contribution in [1.29, 1.82) is 0 Å². The molecule has 182 valence electrons. The molecule has 0 bridgehead atoms. The Balaban J connectivity index is 1.47. The third-order valence-corrected chi connectivity index (χ3v) is 5.86. The van der Waals surface area contributed by atoms with Crippen molar-refractivity contribution in [1.82, 2.24) is 29.7 Å². The number of nitrogens with one attached hydrogen (secondary N) is 1. The van der Waals surface area contributed by atoms with Crippen molar-refractivity contribution in [2.45, 2.75) is 25.9 Å². The van der Waals surface area contributed by atoms with Crippen LogP contribution in [0.4, 0.5) is 11.6 Å². The lowest BCUT2D eigenvalue weighted by molar-refractivity contribution is 0.0736. The molecule has 0 spiro atoms. The highest BCUT2D eigenvalue weighted by Crippen LogP contribution is 2.33. The average Bonchev–Trinajstić information content (AvgIpc) is 3.30.